The van der Waals surface area contributed by atoms with E-state index in [1.165, 1.54) is 6.26 Å². The van der Waals surface area contributed by atoms with Crippen molar-refractivity contribution in [2.24, 2.45) is 0 Å². The summed E-state index contributed by atoms with van der Waals surface area (Å²) < 4.78 is 6.25. The van der Waals surface area contributed by atoms with Crippen molar-refractivity contribution < 1.29 is 9.21 Å². The van der Waals surface area contributed by atoms with Crippen LogP contribution in [-0.2, 0) is 0 Å². The van der Waals surface area contributed by atoms with E-state index in [1.807, 2.05) is 0 Å². The number of halogens is 3. The van der Waals surface area contributed by atoms with Crippen molar-refractivity contribution in [3.63, 3.8) is 0 Å². The van der Waals surface area contributed by atoms with Crippen molar-refractivity contribution >= 4 is 56.3 Å². The average molecular weight is 326 g/mol. The van der Waals surface area contributed by atoms with E-state index in [-0.39, 0.29) is 5.78 Å². The third-order valence-corrected chi connectivity index (χ3v) is 3.87. The lowest BCUT2D eigenvalue weighted by atomic mass is 10.1. The number of ketones is 1. The highest BCUT2D eigenvalue weighted by molar-refractivity contribution is 9.10. The molecule has 0 bridgehead atoms. The molecule has 0 spiro atoms. The normalized spacial score (nSPS) is 10.6. The van der Waals surface area contributed by atoms with Crippen LogP contribution in [0.4, 0.5) is 0 Å². The van der Waals surface area contributed by atoms with Crippen LogP contribution in [0.3, 0.4) is 0 Å². The van der Waals surface area contributed by atoms with Crippen molar-refractivity contribution in [2.75, 3.05) is 0 Å². The van der Waals surface area contributed by atoms with Crippen molar-refractivity contribution in [1.82, 2.24) is 0 Å². The number of carbonyl (C=O) groups excluding carboxylic acids is 1. The minimum absolute atomic E-state index is 0.205. The summed E-state index contributed by atoms with van der Waals surface area (Å²) in [7, 11) is 0. The summed E-state index contributed by atoms with van der Waals surface area (Å²) in [6.07, 6.45) is 1.43. The van der Waals surface area contributed by atoms with E-state index in [0.29, 0.717) is 24.5 Å². The average Bonchev–Trinajstić information content (AvgIpc) is 2.71. The summed E-state index contributed by atoms with van der Waals surface area (Å²) >= 11 is 15.9. The number of furan rings is 1. The molecule has 78 valence electrons. The van der Waals surface area contributed by atoms with E-state index in [0.717, 1.165) is 11.3 Å². The molecule has 0 saturated heterocycles. The maximum Gasteiger partial charge on any atom is 0.199 e. The monoisotopic (exact) mass is 324 g/mol. The summed E-state index contributed by atoms with van der Waals surface area (Å²) in [5.74, 6) is -0.205. The highest BCUT2D eigenvalue weighted by atomic mass is 79.9. The number of thiophene rings is 1. The Morgan fingerprint density at radius 3 is 2.60 bits per heavy atom. The van der Waals surface area contributed by atoms with Crippen LogP contribution in [0.25, 0.3) is 0 Å². The van der Waals surface area contributed by atoms with Crippen molar-refractivity contribution in [3.05, 3.63) is 42.9 Å². The molecular weight excluding hydrogens is 323 g/mol. The van der Waals surface area contributed by atoms with E-state index < -0.39 is 0 Å². The Morgan fingerprint density at radius 1 is 1.40 bits per heavy atom. The van der Waals surface area contributed by atoms with Gasteiger partial charge in [-0.15, -0.1) is 11.3 Å². The maximum absolute atomic E-state index is 11.9. The Labute approximate surface area is 108 Å². The molecule has 0 fully saturated rings. The zero-order chi connectivity index (χ0) is 11.0. The van der Waals surface area contributed by atoms with Crippen molar-refractivity contribution in [2.45, 2.75) is 0 Å². The first kappa shape index (κ1) is 11.2. The van der Waals surface area contributed by atoms with E-state index in [4.69, 9.17) is 27.6 Å². The van der Waals surface area contributed by atoms with Gasteiger partial charge in [0.15, 0.2) is 10.5 Å². The smallest absolute Gasteiger partial charge is 0.199 e. The van der Waals surface area contributed by atoms with Gasteiger partial charge < -0.3 is 4.42 Å². The Morgan fingerprint density at radius 2 is 2.13 bits per heavy atom. The van der Waals surface area contributed by atoms with Gasteiger partial charge in [-0.1, -0.05) is 23.2 Å². The molecule has 2 rings (SSSR count). The largest absolute Gasteiger partial charge is 0.457 e. The quantitative estimate of drug-likeness (QED) is 0.753. The number of rotatable bonds is 2. The van der Waals surface area contributed by atoms with Gasteiger partial charge in [-0.3, -0.25) is 4.79 Å². The summed E-state index contributed by atoms with van der Waals surface area (Å²) in [6, 6.07) is 3.13. The minimum atomic E-state index is -0.205. The number of carbonyl (C=O) groups is 1. The molecule has 0 atom stereocenters. The van der Waals surface area contributed by atoms with Gasteiger partial charge in [0.2, 0.25) is 0 Å². The Hall–Kier alpha value is -0.290. The molecule has 0 aliphatic carbocycles. The predicted octanol–water partition coefficient (Wildman–Crippen LogP) is 4.64. The van der Waals surface area contributed by atoms with Crippen LogP contribution in [0, 0.1) is 0 Å². The maximum atomic E-state index is 11.9. The zero-order valence-corrected chi connectivity index (χ0v) is 11.0. The molecule has 0 N–H and O–H groups in total. The van der Waals surface area contributed by atoms with Gasteiger partial charge in [0.05, 0.1) is 21.7 Å². The van der Waals surface area contributed by atoms with Crippen LogP contribution in [-0.4, -0.2) is 5.78 Å². The van der Waals surface area contributed by atoms with Crippen LogP contribution in [0.15, 0.2) is 27.5 Å². The van der Waals surface area contributed by atoms with Crippen molar-refractivity contribution in [1.29, 1.82) is 0 Å². The van der Waals surface area contributed by atoms with Crippen molar-refractivity contribution in [3.8, 4) is 0 Å². The van der Waals surface area contributed by atoms with Crippen LogP contribution >= 0.6 is 50.5 Å². The van der Waals surface area contributed by atoms with E-state index >= 15 is 0 Å². The Bertz CT molecular complexity index is 518. The van der Waals surface area contributed by atoms with Gasteiger partial charge in [0.1, 0.15) is 4.34 Å². The fourth-order valence-electron chi connectivity index (χ4n) is 1.10. The molecule has 2 aromatic heterocycles. The van der Waals surface area contributed by atoms with E-state index in [9.17, 15) is 4.79 Å². The summed E-state index contributed by atoms with van der Waals surface area (Å²) in [6.45, 7) is 0. The Kier molecular flexibility index (Phi) is 3.21. The highest BCUT2D eigenvalue weighted by Crippen LogP contribution is 2.33. The second kappa shape index (κ2) is 4.29. The fourth-order valence-corrected chi connectivity index (χ4v) is 2.97. The molecule has 0 aliphatic rings. The molecule has 15 heavy (non-hydrogen) atoms. The van der Waals surface area contributed by atoms with Crippen LogP contribution in [0.2, 0.25) is 8.67 Å². The van der Waals surface area contributed by atoms with Gasteiger partial charge in [-0.2, -0.15) is 0 Å². The molecule has 0 unspecified atom stereocenters. The summed E-state index contributed by atoms with van der Waals surface area (Å²) in [4.78, 5) is 11.9. The van der Waals surface area contributed by atoms with Gasteiger partial charge in [0, 0.05) is 0 Å². The van der Waals surface area contributed by atoms with Gasteiger partial charge in [-0.25, -0.2) is 0 Å². The predicted molar refractivity (Wildman–Crippen MR) is 64.2 cm³/mol. The molecule has 0 aliphatic heterocycles. The van der Waals surface area contributed by atoms with Gasteiger partial charge >= 0.3 is 0 Å². The summed E-state index contributed by atoms with van der Waals surface area (Å²) in [5, 5.41) is 0. The second-order valence-corrected chi connectivity index (χ2v) is 5.68. The Balaban J connectivity index is 2.45. The molecule has 6 heteroatoms. The molecule has 0 aromatic carbocycles. The molecule has 2 nitrogen and oxygen atoms in total. The molecular formula is C9H3BrCl2O2S. The lowest BCUT2D eigenvalue weighted by molar-refractivity contribution is 0.103. The highest BCUT2D eigenvalue weighted by Gasteiger charge is 2.19. The molecule has 2 heterocycles. The molecule has 2 aromatic rings. The standard InChI is InChI=1S/C9H3BrCl2O2S/c10-8-4(1-2-14-8)7(13)5-3-6(11)15-9(5)12/h1-3H. The molecule has 0 saturated carbocycles. The first-order valence-corrected chi connectivity index (χ1v) is 6.18. The summed E-state index contributed by atoms with van der Waals surface area (Å²) in [5.41, 5.74) is 0.833. The SMILES string of the molecule is O=C(c1ccoc1Br)c1cc(Cl)sc1Cl. The lowest BCUT2D eigenvalue weighted by Gasteiger charge is -1.95. The second-order valence-electron chi connectivity index (χ2n) is 2.67. The van der Waals surface area contributed by atoms with Gasteiger partial charge in [-0.05, 0) is 28.1 Å². The molecule has 0 radical (unpaired) electrons. The van der Waals surface area contributed by atoms with Crippen LogP contribution in [0.1, 0.15) is 15.9 Å². The first-order valence-electron chi connectivity index (χ1n) is 3.82. The van der Waals surface area contributed by atoms with Crippen LogP contribution < -0.4 is 0 Å². The third-order valence-electron chi connectivity index (χ3n) is 1.76. The van der Waals surface area contributed by atoms with Crippen LogP contribution in [0.5, 0.6) is 0 Å². The van der Waals surface area contributed by atoms with E-state index in [2.05, 4.69) is 15.9 Å². The van der Waals surface area contributed by atoms with E-state index in [1.54, 1.807) is 12.1 Å². The minimum Gasteiger partial charge on any atom is -0.457 e. The fraction of sp³-hybridized carbons (Fsp3) is 0. The number of hydrogen-bond acceptors (Lipinski definition) is 3. The van der Waals surface area contributed by atoms with Gasteiger partial charge in [0.25, 0.3) is 0 Å². The number of hydrogen-bond donors (Lipinski definition) is 0. The molecule has 0 amide bonds. The topological polar surface area (TPSA) is 30.2 Å². The zero-order valence-electron chi connectivity index (χ0n) is 7.09. The lowest BCUT2D eigenvalue weighted by Crippen LogP contribution is -1.98. The third kappa shape index (κ3) is 2.13. The first-order chi connectivity index (χ1) is 7.09.